The zero-order chi connectivity index (χ0) is 11.7. The van der Waals surface area contributed by atoms with Gasteiger partial charge in [-0.3, -0.25) is 4.79 Å². The summed E-state index contributed by atoms with van der Waals surface area (Å²) in [7, 11) is 3.11. The SMILES string of the molecule is COc1cc2[nH]cc(C)c(=O)c2cc1OC. The molecular formula is C12H13NO3. The van der Waals surface area contributed by atoms with Gasteiger partial charge in [-0.25, -0.2) is 0 Å². The van der Waals surface area contributed by atoms with Crippen molar-refractivity contribution >= 4 is 10.9 Å². The van der Waals surface area contributed by atoms with Crippen molar-refractivity contribution in [3.05, 3.63) is 34.1 Å². The Bertz CT molecular complexity index is 587. The van der Waals surface area contributed by atoms with E-state index >= 15 is 0 Å². The number of nitrogens with one attached hydrogen (secondary N) is 1. The van der Waals surface area contributed by atoms with Crippen molar-refractivity contribution in [2.75, 3.05) is 14.2 Å². The average Bonchev–Trinajstić information content (AvgIpc) is 2.32. The second-order valence-electron chi connectivity index (χ2n) is 3.55. The summed E-state index contributed by atoms with van der Waals surface area (Å²) in [5.41, 5.74) is 1.43. The molecule has 2 rings (SSSR count). The van der Waals surface area contributed by atoms with Gasteiger partial charge < -0.3 is 14.5 Å². The van der Waals surface area contributed by atoms with Gasteiger partial charge in [0.1, 0.15) is 0 Å². The standard InChI is InChI=1S/C12H13NO3/c1-7-6-13-9-5-11(16-3)10(15-2)4-8(9)12(7)14/h4-6H,1-3H3,(H,13,14). The summed E-state index contributed by atoms with van der Waals surface area (Å²) in [5, 5.41) is 0.609. The van der Waals surface area contributed by atoms with Crippen molar-refractivity contribution in [1.82, 2.24) is 4.98 Å². The number of methoxy groups -OCH3 is 2. The Morgan fingerprint density at radius 3 is 2.38 bits per heavy atom. The summed E-state index contributed by atoms with van der Waals surface area (Å²) < 4.78 is 10.3. The number of aromatic nitrogens is 1. The average molecular weight is 219 g/mol. The van der Waals surface area contributed by atoms with E-state index in [4.69, 9.17) is 9.47 Å². The van der Waals surface area contributed by atoms with Gasteiger partial charge in [0.25, 0.3) is 0 Å². The molecule has 0 aliphatic rings. The zero-order valence-electron chi connectivity index (χ0n) is 9.46. The van der Waals surface area contributed by atoms with E-state index in [-0.39, 0.29) is 5.43 Å². The number of aromatic amines is 1. The third kappa shape index (κ3) is 1.52. The first kappa shape index (κ1) is 10.5. The van der Waals surface area contributed by atoms with Gasteiger partial charge in [-0.15, -0.1) is 0 Å². The molecule has 0 unspecified atom stereocenters. The second kappa shape index (κ2) is 3.89. The van der Waals surface area contributed by atoms with Gasteiger partial charge >= 0.3 is 0 Å². The summed E-state index contributed by atoms with van der Waals surface area (Å²) in [5.74, 6) is 1.17. The summed E-state index contributed by atoms with van der Waals surface area (Å²) >= 11 is 0. The van der Waals surface area contributed by atoms with Crippen molar-refractivity contribution in [2.24, 2.45) is 0 Å². The molecule has 1 aromatic carbocycles. The van der Waals surface area contributed by atoms with Crippen LogP contribution in [-0.2, 0) is 0 Å². The maximum atomic E-state index is 11.9. The minimum absolute atomic E-state index is 0.00898. The van der Waals surface area contributed by atoms with E-state index in [1.54, 1.807) is 39.5 Å². The van der Waals surface area contributed by atoms with E-state index in [9.17, 15) is 4.79 Å². The number of H-pyrrole nitrogens is 1. The van der Waals surface area contributed by atoms with Crippen LogP contribution in [0.4, 0.5) is 0 Å². The van der Waals surface area contributed by atoms with Gasteiger partial charge in [0.05, 0.1) is 19.7 Å². The lowest BCUT2D eigenvalue weighted by Gasteiger charge is -2.08. The van der Waals surface area contributed by atoms with Gasteiger partial charge in [-0.2, -0.15) is 0 Å². The summed E-state index contributed by atoms with van der Waals surface area (Å²) in [6.07, 6.45) is 1.69. The molecule has 0 spiro atoms. The number of pyridine rings is 1. The van der Waals surface area contributed by atoms with Crippen molar-refractivity contribution in [2.45, 2.75) is 6.92 Å². The lowest BCUT2D eigenvalue weighted by Crippen LogP contribution is -2.06. The Morgan fingerprint density at radius 1 is 1.12 bits per heavy atom. The molecular weight excluding hydrogens is 206 g/mol. The first-order valence-electron chi connectivity index (χ1n) is 4.91. The highest BCUT2D eigenvalue weighted by Gasteiger charge is 2.09. The van der Waals surface area contributed by atoms with E-state index in [1.807, 2.05) is 0 Å². The first-order valence-corrected chi connectivity index (χ1v) is 4.91. The van der Waals surface area contributed by atoms with E-state index < -0.39 is 0 Å². The van der Waals surface area contributed by atoms with Crippen LogP contribution < -0.4 is 14.9 Å². The first-order chi connectivity index (χ1) is 7.67. The van der Waals surface area contributed by atoms with Crippen molar-refractivity contribution in [3.8, 4) is 11.5 Å². The predicted molar refractivity (Wildman–Crippen MR) is 62.4 cm³/mol. The molecule has 16 heavy (non-hydrogen) atoms. The fraction of sp³-hybridized carbons (Fsp3) is 0.250. The van der Waals surface area contributed by atoms with Crippen molar-refractivity contribution in [1.29, 1.82) is 0 Å². The van der Waals surface area contributed by atoms with Crippen LogP contribution in [0.1, 0.15) is 5.56 Å². The quantitative estimate of drug-likeness (QED) is 0.838. The molecule has 0 atom stereocenters. The fourth-order valence-electron chi connectivity index (χ4n) is 1.65. The van der Waals surface area contributed by atoms with Crippen LogP contribution in [-0.4, -0.2) is 19.2 Å². The highest BCUT2D eigenvalue weighted by atomic mass is 16.5. The number of aryl methyl sites for hydroxylation is 1. The Labute approximate surface area is 92.8 Å². The van der Waals surface area contributed by atoms with Gasteiger partial charge in [0.2, 0.25) is 0 Å². The number of ether oxygens (including phenoxy) is 2. The van der Waals surface area contributed by atoms with E-state index in [0.29, 0.717) is 22.4 Å². The molecule has 1 heterocycles. The van der Waals surface area contributed by atoms with Crippen LogP contribution in [0.25, 0.3) is 10.9 Å². The topological polar surface area (TPSA) is 51.3 Å². The van der Waals surface area contributed by atoms with E-state index in [2.05, 4.69) is 4.98 Å². The Morgan fingerprint density at radius 2 is 1.75 bits per heavy atom. The predicted octanol–water partition coefficient (Wildman–Crippen LogP) is 1.85. The van der Waals surface area contributed by atoms with Crippen LogP contribution in [0.2, 0.25) is 0 Å². The molecule has 0 aliphatic carbocycles. The second-order valence-corrected chi connectivity index (χ2v) is 3.55. The summed E-state index contributed by atoms with van der Waals surface area (Å²) in [6, 6.07) is 3.45. The van der Waals surface area contributed by atoms with Crippen LogP contribution >= 0.6 is 0 Å². The van der Waals surface area contributed by atoms with Crippen molar-refractivity contribution in [3.63, 3.8) is 0 Å². The molecule has 0 amide bonds. The molecule has 1 aromatic heterocycles. The smallest absolute Gasteiger partial charge is 0.192 e. The normalized spacial score (nSPS) is 10.4. The maximum Gasteiger partial charge on any atom is 0.192 e. The summed E-state index contributed by atoms with van der Waals surface area (Å²) in [6.45, 7) is 1.77. The third-order valence-electron chi connectivity index (χ3n) is 2.57. The molecule has 0 bridgehead atoms. The number of benzene rings is 1. The van der Waals surface area contributed by atoms with Gasteiger partial charge in [-0.1, -0.05) is 0 Å². The lowest BCUT2D eigenvalue weighted by molar-refractivity contribution is 0.356. The molecule has 0 saturated carbocycles. The van der Waals surface area contributed by atoms with Crippen LogP contribution in [0, 0.1) is 6.92 Å². The zero-order valence-corrected chi connectivity index (χ0v) is 9.46. The monoisotopic (exact) mass is 219 g/mol. The molecule has 0 radical (unpaired) electrons. The molecule has 2 aromatic rings. The molecule has 4 heteroatoms. The minimum Gasteiger partial charge on any atom is -0.493 e. The molecule has 0 aliphatic heterocycles. The minimum atomic E-state index is 0.00898. The molecule has 0 saturated heterocycles. The van der Waals surface area contributed by atoms with E-state index in [0.717, 1.165) is 5.52 Å². The number of hydrogen-bond donors (Lipinski definition) is 1. The maximum absolute atomic E-state index is 11.9. The number of hydrogen-bond acceptors (Lipinski definition) is 3. The van der Waals surface area contributed by atoms with Gasteiger partial charge in [-0.05, 0) is 13.0 Å². The molecule has 84 valence electrons. The number of rotatable bonds is 2. The highest BCUT2D eigenvalue weighted by molar-refractivity contribution is 5.82. The largest absolute Gasteiger partial charge is 0.493 e. The van der Waals surface area contributed by atoms with Crippen LogP contribution in [0.15, 0.2) is 23.1 Å². The Hall–Kier alpha value is -1.97. The van der Waals surface area contributed by atoms with Crippen molar-refractivity contribution < 1.29 is 9.47 Å². The van der Waals surface area contributed by atoms with E-state index in [1.165, 1.54) is 0 Å². The molecule has 4 nitrogen and oxygen atoms in total. The van der Waals surface area contributed by atoms with Crippen LogP contribution in [0.5, 0.6) is 11.5 Å². The van der Waals surface area contributed by atoms with Gasteiger partial charge in [0, 0.05) is 23.2 Å². The summed E-state index contributed by atoms with van der Waals surface area (Å²) in [4.78, 5) is 14.9. The molecule has 0 fully saturated rings. The lowest BCUT2D eigenvalue weighted by atomic mass is 10.1. The number of fused-ring (bicyclic) bond motifs is 1. The van der Waals surface area contributed by atoms with Gasteiger partial charge in [0.15, 0.2) is 16.9 Å². The molecule has 1 N–H and O–H groups in total. The Balaban J connectivity index is 2.84. The fourth-order valence-corrected chi connectivity index (χ4v) is 1.65. The Kier molecular flexibility index (Phi) is 2.56. The van der Waals surface area contributed by atoms with Crippen LogP contribution in [0.3, 0.4) is 0 Å². The third-order valence-corrected chi connectivity index (χ3v) is 2.57. The highest BCUT2D eigenvalue weighted by Crippen LogP contribution is 2.29.